The first-order valence-electron chi connectivity index (χ1n) is 7.17. The van der Waals surface area contributed by atoms with Crippen molar-refractivity contribution in [3.63, 3.8) is 0 Å². The summed E-state index contributed by atoms with van der Waals surface area (Å²) in [6.07, 6.45) is 5.23. The van der Waals surface area contributed by atoms with Gasteiger partial charge in [-0.15, -0.1) is 0 Å². The van der Waals surface area contributed by atoms with Gasteiger partial charge in [-0.2, -0.15) is 5.26 Å². The number of rotatable bonds is 5. The fraction of sp³-hybridized carbons (Fsp3) is 0.867. The van der Waals surface area contributed by atoms with E-state index >= 15 is 0 Å². The molecule has 1 aliphatic heterocycles. The van der Waals surface area contributed by atoms with Crippen LogP contribution in [0.4, 0.5) is 0 Å². The van der Waals surface area contributed by atoms with Crippen molar-refractivity contribution in [3.8, 4) is 6.07 Å². The lowest BCUT2D eigenvalue weighted by Crippen LogP contribution is -2.50. The zero-order valence-electron chi connectivity index (χ0n) is 12.3. The van der Waals surface area contributed by atoms with Gasteiger partial charge in [0.1, 0.15) is 5.41 Å². The Kier molecular flexibility index (Phi) is 4.78. The van der Waals surface area contributed by atoms with Crippen LogP contribution >= 0.6 is 0 Å². The molecule has 3 nitrogen and oxygen atoms in total. The third-order valence-electron chi connectivity index (χ3n) is 4.12. The number of amides is 1. The Morgan fingerprint density at radius 2 is 1.89 bits per heavy atom. The summed E-state index contributed by atoms with van der Waals surface area (Å²) < 4.78 is 0. The van der Waals surface area contributed by atoms with Crippen LogP contribution in [0.5, 0.6) is 0 Å². The average molecular weight is 250 g/mol. The summed E-state index contributed by atoms with van der Waals surface area (Å²) >= 11 is 0. The monoisotopic (exact) mass is 250 g/mol. The van der Waals surface area contributed by atoms with Gasteiger partial charge in [0.2, 0.25) is 5.91 Å². The van der Waals surface area contributed by atoms with Crippen LogP contribution in [0, 0.1) is 16.7 Å². The van der Waals surface area contributed by atoms with Crippen molar-refractivity contribution >= 4 is 5.91 Å². The van der Waals surface area contributed by atoms with Crippen molar-refractivity contribution in [1.29, 1.82) is 5.26 Å². The molecule has 1 heterocycles. The number of carbonyl (C=O) groups is 1. The van der Waals surface area contributed by atoms with Gasteiger partial charge in [0.05, 0.1) is 6.07 Å². The van der Waals surface area contributed by atoms with Gasteiger partial charge in [-0.25, -0.2) is 0 Å². The summed E-state index contributed by atoms with van der Waals surface area (Å²) in [5, 5.41) is 9.54. The molecule has 3 heteroatoms. The molecule has 0 saturated carbocycles. The molecule has 1 amide bonds. The number of hydrogen-bond acceptors (Lipinski definition) is 2. The predicted octanol–water partition coefficient (Wildman–Crippen LogP) is 3.50. The quantitative estimate of drug-likeness (QED) is 0.749. The summed E-state index contributed by atoms with van der Waals surface area (Å²) in [6, 6.07) is 2.34. The number of nitrogens with zero attached hydrogens (tertiary/aromatic N) is 2. The van der Waals surface area contributed by atoms with Gasteiger partial charge in [0.25, 0.3) is 0 Å². The highest BCUT2D eigenvalue weighted by Crippen LogP contribution is 2.37. The molecule has 1 rings (SSSR count). The second-order valence-corrected chi connectivity index (χ2v) is 6.07. The van der Waals surface area contributed by atoms with Crippen LogP contribution in [0.2, 0.25) is 0 Å². The standard InChI is InChI=1S/C15H26N2O/c1-5-8-15(12-16,9-6-2)13(18)17-11-7-10-14(17,3)4/h5-11H2,1-4H3. The SMILES string of the molecule is CCCC(C#N)(CCC)C(=O)N1CCCC1(C)C. The molecule has 102 valence electrons. The van der Waals surface area contributed by atoms with Gasteiger partial charge in [0.15, 0.2) is 0 Å². The Balaban J connectivity index is 2.99. The minimum absolute atomic E-state index is 0.0659. The average Bonchev–Trinajstić information content (AvgIpc) is 2.67. The van der Waals surface area contributed by atoms with Crippen LogP contribution in [-0.2, 0) is 4.79 Å². The van der Waals surface area contributed by atoms with Crippen LogP contribution in [0.1, 0.15) is 66.2 Å². The summed E-state index contributed by atoms with van der Waals surface area (Å²) in [4.78, 5) is 14.7. The maximum absolute atomic E-state index is 12.8. The molecular formula is C15H26N2O. The third-order valence-corrected chi connectivity index (χ3v) is 4.12. The van der Waals surface area contributed by atoms with E-state index in [0.717, 1.165) is 32.2 Å². The van der Waals surface area contributed by atoms with Crippen LogP contribution in [0.15, 0.2) is 0 Å². The van der Waals surface area contributed by atoms with Crippen molar-refractivity contribution in [2.75, 3.05) is 6.54 Å². The molecule has 1 aliphatic rings. The van der Waals surface area contributed by atoms with Crippen LogP contribution < -0.4 is 0 Å². The number of nitriles is 1. The van der Waals surface area contributed by atoms with E-state index in [1.165, 1.54) is 0 Å². The van der Waals surface area contributed by atoms with E-state index in [1.807, 2.05) is 18.7 Å². The van der Waals surface area contributed by atoms with E-state index in [4.69, 9.17) is 0 Å². The highest BCUT2D eigenvalue weighted by Gasteiger charge is 2.46. The second-order valence-electron chi connectivity index (χ2n) is 6.07. The molecule has 18 heavy (non-hydrogen) atoms. The van der Waals surface area contributed by atoms with E-state index < -0.39 is 5.41 Å². The molecular weight excluding hydrogens is 224 g/mol. The van der Waals surface area contributed by atoms with Crippen molar-refractivity contribution in [3.05, 3.63) is 0 Å². The zero-order valence-corrected chi connectivity index (χ0v) is 12.3. The molecule has 0 aromatic heterocycles. The van der Waals surface area contributed by atoms with E-state index in [1.54, 1.807) is 0 Å². The minimum Gasteiger partial charge on any atom is -0.336 e. The molecule has 0 bridgehead atoms. The smallest absolute Gasteiger partial charge is 0.243 e. The maximum atomic E-state index is 12.8. The highest BCUT2D eigenvalue weighted by molar-refractivity contribution is 5.86. The Bertz CT molecular complexity index is 335. The molecule has 0 aromatic carbocycles. The predicted molar refractivity (Wildman–Crippen MR) is 72.9 cm³/mol. The molecule has 0 aliphatic carbocycles. The van der Waals surface area contributed by atoms with Gasteiger partial charge in [-0.3, -0.25) is 4.79 Å². The molecule has 0 atom stereocenters. The van der Waals surface area contributed by atoms with Crippen LogP contribution in [0.25, 0.3) is 0 Å². The van der Waals surface area contributed by atoms with Crippen molar-refractivity contribution in [2.45, 2.75) is 71.8 Å². The first-order valence-corrected chi connectivity index (χ1v) is 7.17. The summed E-state index contributed by atoms with van der Waals surface area (Å²) in [7, 11) is 0. The Hall–Kier alpha value is -1.04. The molecule has 0 spiro atoms. The molecule has 0 aromatic rings. The summed E-state index contributed by atoms with van der Waals surface area (Å²) in [5.41, 5.74) is -0.869. The van der Waals surface area contributed by atoms with Crippen LogP contribution in [-0.4, -0.2) is 22.9 Å². The highest BCUT2D eigenvalue weighted by atomic mass is 16.2. The van der Waals surface area contributed by atoms with Gasteiger partial charge in [-0.05, 0) is 39.5 Å². The van der Waals surface area contributed by atoms with Gasteiger partial charge >= 0.3 is 0 Å². The van der Waals surface area contributed by atoms with Gasteiger partial charge in [0, 0.05) is 12.1 Å². The Morgan fingerprint density at radius 1 is 1.33 bits per heavy atom. The normalized spacial score (nSPS) is 18.7. The molecule has 0 unspecified atom stereocenters. The van der Waals surface area contributed by atoms with E-state index in [-0.39, 0.29) is 11.4 Å². The van der Waals surface area contributed by atoms with Crippen molar-refractivity contribution < 1.29 is 4.79 Å². The topological polar surface area (TPSA) is 44.1 Å². The zero-order chi connectivity index (χ0) is 13.8. The largest absolute Gasteiger partial charge is 0.336 e. The summed E-state index contributed by atoms with van der Waals surface area (Å²) in [6.45, 7) is 9.12. The second kappa shape index (κ2) is 5.73. The van der Waals surface area contributed by atoms with E-state index in [0.29, 0.717) is 12.8 Å². The molecule has 1 saturated heterocycles. The molecule has 1 fully saturated rings. The Labute approximate surface area is 111 Å². The lowest BCUT2D eigenvalue weighted by molar-refractivity contribution is -0.143. The molecule has 0 radical (unpaired) electrons. The first kappa shape index (κ1) is 15.0. The third kappa shape index (κ3) is 2.68. The maximum Gasteiger partial charge on any atom is 0.243 e. The fourth-order valence-electron chi connectivity index (χ4n) is 3.09. The van der Waals surface area contributed by atoms with Crippen LogP contribution in [0.3, 0.4) is 0 Å². The van der Waals surface area contributed by atoms with Gasteiger partial charge < -0.3 is 4.90 Å². The lowest BCUT2D eigenvalue weighted by atomic mass is 9.78. The number of likely N-dealkylation sites (tertiary alicyclic amines) is 1. The van der Waals surface area contributed by atoms with E-state index in [2.05, 4.69) is 19.9 Å². The summed E-state index contributed by atoms with van der Waals surface area (Å²) in [5.74, 6) is 0.0659. The molecule has 0 N–H and O–H groups in total. The lowest BCUT2D eigenvalue weighted by Gasteiger charge is -2.37. The van der Waals surface area contributed by atoms with Crippen molar-refractivity contribution in [1.82, 2.24) is 4.90 Å². The minimum atomic E-state index is -0.787. The van der Waals surface area contributed by atoms with Gasteiger partial charge in [-0.1, -0.05) is 26.7 Å². The van der Waals surface area contributed by atoms with E-state index in [9.17, 15) is 10.1 Å². The fourth-order valence-corrected chi connectivity index (χ4v) is 3.09. The first-order chi connectivity index (χ1) is 8.43. The number of carbonyl (C=O) groups excluding carboxylic acids is 1. The number of hydrogen-bond donors (Lipinski definition) is 0. The Morgan fingerprint density at radius 3 is 2.22 bits per heavy atom. The van der Waals surface area contributed by atoms with Crippen molar-refractivity contribution in [2.24, 2.45) is 5.41 Å².